The van der Waals surface area contributed by atoms with Gasteiger partial charge >= 0.3 is 0 Å². The highest BCUT2D eigenvalue weighted by molar-refractivity contribution is 6.30. The summed E-state index contributed by atoms with van der Waals surface area (Å²) in [7, 11) is 0. The maximum absolute atomic E-state index is 13.5. The lowest BCUT2D eigenvalue weighted by Crippen LogP contribution is -2.05. The van der Waals surface area contributed by atoms with Crippen molar-refractivity contribution in [2.24, 2.45) is 0 Å². The number of nitrogens with zero attached hydrogens (tertiary/aromatic N) is 2. The number of hydrogen-bond acceptors (Lipinski definition) is 3. The molecule has 3 nitrogen and oxygen atoms in total. The summed E-state index contributed by atoms with van der Waals surface area (Å²) in [5.41, 5.74) is 2.35. The number of aromatic nitrogens is 2. The fourth-order valence-electron chi connectivity index (χ4n) is 2.01. The van der Waals surface area contributed by atoms with E-state index in [0.717, 1.165) is 30.0 Å². The number of hydrogen-bond donors (Lipinski definition) is 1. The van der Waals surface area contributed by atoms with Gasteiger partial charge in [0, 0.05) is 22.7 Å². The lowest BCUT2D eigenvalue weighted by molar-refractivity contribution is 0.628. The molecule has 0 aliphatic carbocycles. The van der Waals surface area contributed by atoms with Gasteiger partial charge in [0.1, 0.15) is 18.0 Å². The summed E-state index contributed by atoms with van der Waals surface area (Å²) < 4.78 is 13.5. The highest BCUT2D eigenvalue weighted by Crippen LogP contribution is 2.28. The quantitative estimate of drug-likeness (QED) is 0.921. The number of benzene rings is 1. The summed E-state index contributed by atoms with van der Waals surface area (Å²) in [4.78, 5) is 8.49. The fourth-order valence-corrected chi connectivity index (χ4v) is 2.23. The van der Waals surface area contributed by atoms with Crippen molar-refractivity contribution < 1.29 is 4.39 Å². The Bertz CT molecular complexity index is 567. The lowest BCUT2D eigenvalue weighted by Gasteiger charge is -2.12. The van der Waals surface area contributed by atoms with Crippen LogP contribution in [0.15, 0.2) is 24.5 Å². The maximum atomic E-state index is 13.5. The van der Waals surface area contributed by atoms with Crippen LogP contribution in [-0.4, -0.2) is 16.5 Å². The number of anilines is 1. The zero-order valence-electron chi connectivity index (χ0n) is 10.9. The Kier molecular flexibility index (Phi) is 4.32. The van der Waals surface area contributed by atoms with E-state index in [9.17, 15) is 4.39 Å². The van der Waals surface area contributed by atoms with E-state index in [1.54, 1.807) is 6.07 Å². The molecule has 0 saturated heterocycles. The Morgan fingerprint density at radius 3 is 2.63 bits per heavy atom. The molecule has 0 aliphatic heterocycles. The molecular formula is C14H15ClFN3. The molecule has 0 saturated carbocycles. The van der Waals surface area contributed by atoms with E-state index in [-0.39, 0.29) is 5.82 Å². The molecule has 1 aromatic heterocycles. The van der Waals surface area contributed by atoms with Gasteiger partial charge in [-0.1, -0.05) is 18.5 Å². The predicted octanol–water partition coefficient (Wildman–Crippen LogP) is 3.93. The van der Waals surface area contributed by atoms with E-state index >= 15 is 0 Å². The third-order valence-electron chi connectivity index (χ3n) is 2.78. The summed E-state index contributed by atoms with van der Waals surface area (Å²) in [5, 5.41) is 3.55. The molecule has 0 aliphatic rings. The Labute approximate surface area is 116 Å². The molecule has 2 rings (SSSR count). The van der Waals surface area contributed by atoms with E-state index in [2.05, 4.69) is 15.3 Å². The van der Waals surface area contributed by atoms with Gasteiger partial charge in [0.2, 0.25) is 0 Å². The fraction of sp³-hybridized carbons (Fsp3) is 0.286. The zero-order valence-corrected chi connectivity index (χ0v) is 11.6. The third kappa shape index (κ3) is 3.01. The summed E-state index contributed by atoms with van der Waals surface area (Å²) >= 11 is 5.90. The van der Waals surface area contributed by atoms with E-state index in [1.807, 2.05) is 13.8 Å². The van der Waals surface area contributed by atoms with Crippen molar-refractivity contribution in [1.82, 2.24) is 9.97 Å². The van der Waals surface area contributed by atoms with Gasteiger partial charge in [-0.15, -0.1) is 0 Å². The molecule has 0 unspecified atom stereocenters. The molecular weight excluding hydrogens is 265 g/mol. The van der Waals surface area contributed by atoms with Crippen LogP contribution in [-0.2, 0) is 6.42 Å². The first-order valence-corrected chi connectivity index (χ1v) is 6.57. The average molecular weight is 280 g/mol. The maximum Gasteiger partial charge on any atom is 0.133 e. The molecule has 100 valence electrons. The second-order valence-electron chi connectivity index (χ2n) is 4.09. The van der Waals surface area contributed by atoms with Crippen LogP contribution < -0.4 is 5.32 Å². The van der Waals surface area contributed by atoms with Crippen molar-refractivity contribution in [3.05, 3.63) is 40.9 Å². The van der Waals surface area contributed by atoms with Gasteiger partial charge in [-0.05, 0) is 31.5 Å². The van der Waals surface area contributed by atoms with Crippen LogP contribution in [0, 0.1) is 5.82 Å². The Morgan fingerprint density at radius 1 is 1.21 bits per heavy atom. The molecule has 0 radical (unpaired) electrons. The van der Waals surface area contributed by atoms with Crippen molar-refractivity contribution >= 4 is 17.4 Å². The standard InChI is InChI=1S/C14H15ClFN3/c1-3-12-13(18-8-19-14(12)17-4-2)9-5-10(15)7-11(16)6-9/h5-8H,3-4H2,1-2H3,(H,17,18,19). The number of halogens is 2. The summed E-state index contributed by atoms with van der Waals surface area (Å²) in [5.74, 6) is 0.420. The summed E-state index contributed by atoms with van der Waals surface area (Å²) in [6, 6.07) is 4.42. The molecule has 1 N–H and O–H groups in total. The Hall–Kier alpha value is -1.68. The lowest BCUT2D eigenvalue weighted by atomic mass is 10.0. The van der Waals surface area contributed by atoms with E-state index < -0.39 is 0 Å². The van der Waals surface area contributed by atoms with Gasteiger partial charge in [0.05, 0.1) is 5.69 Å². The zero-order chi connectivity index (χ0) is 13.8. The van der Waals surface area contributed by atoms with Crippen LogP contribution in [0.2, 0.25) is 5.02 Å². The van der Waals surface area contributed by atoms with Gasteiger partial charge in [-0.3, -0.25) is 0 Å². The van der Waals surface area contributed by atoms with Crippen LogP contribution in [0.4, 0.5) is 10.2 Å². The van der Waals surface area contributed by atoms with Crippen LogP contribution in [0.3, 0.4) is 0 Å². The molecule has 1 aromatic carbocycles. The summed E-state index contributed by atoms with van der Waals surface area (Å²) in [6.45, 7) is 4.79. The molecule has 0 atom stereocenters. The SMILES string of the molecule is CCNc1ncnc(-c2cc(F)cc(Cl)c2)c1CC. The second-order valence-corrected chi connectivity index (χ2v) is 4.53. The molecule has 1 heterocycles. The monoisotopic (exact) mass is 279 g/mol. The Balaban J connectivity index is 2.57. The van der Waals surface area contributed by atoms with Gasteiger partial charge in [0.15, 0.2) is 0 Å². The largest absolute Gasteiger partial charge is 0.370 e. The second kappa shape index (κ2) is 5.97. The number of nitrogens with one attached hydrogen (secondary N) is 1. The molecule has 5 heteroatoms. The molecule has 0 fully saturated rings. The predicted molar refractivity (Wildman–Crippen MR) is 76.0 cm³/mol. The smallest absolute Gasteiger partial charge is 0.133 e. The van der Waals surface area contributed by atoms with Crippen molar-refractivity contribution in [3.63, 3.8) is 0 Å². The Morgan fingerprint density at radius 2 is 2.00 bits per heavy atom. The van der Waals surface area contributed by atoms with Crippen LogP contribution in [0.5, 0.6) is 0 Å². The summed E-state index contributed by atoms with van der Waals surface area (Å²) in [6.07, 6.45) is 2.23. The molecule has 19 heavy (non-hydrogen) atoms. The van der Waals surface area contributed by atoms with Crippen molar-refractivity contribution in [3.8, 4) is 11.3 Å². The molecule has 2 aromatic rings. The van der Waals surface area contributed by atoms with Crippen LogP contribution in [0.25, 0.3) is 11.3 Å². The minimum Gasteiger partial charge on any atom is -0.370 e. The van der Waals surface area contributed by atoms with Gasteiger partial charge < -0.3 is 5.32 Å². The highest BCUT2D eigenvalue weighted by Gasteiger charge is 2.12. The molecule has 0 amide bonds. The average Bonchev–Trinajstić information content (AvgIpc) is 2.37. The van der Waals surface area contributed by atoms with Crippen molar-refractivity contribution in [1.29, 1.82) is 0 Å². The first kappa shape index (κ1) is 13.7. The van der Waals surface area contributed by atoms with Gasteiger partial charge in [-0.25, -0.2) is 14.4 Å². The topological polar surface area (TPSA) is 37.8 Å². The minimum absolute atomic E-state index is 0.362. The molecule has 0 spiro atoms. The van der Waals surface area contributed by atoms with Gasteiger partial charge in [-0.2, -0.15) is 0 Å². The molecule has 0 bridgehead atoms. The van der Waals surface area contributed by atoms with Crippen LogP contribution >= 0.6 is 11.6 Å². The van der Waals surface area contributed by atoms with Gasteiger partial charge in [0.25, 0.3) is 0 Å². The van der Waals surface area contributed by atoms with E-state index in [1.165, 1.54) is 18.5 Å². The van der Waals surface area contributed by atoms with Crippen molar-refractivity contribution in [2.45, 2.75) is 20.3 Å². The van der Waals surface area contributed by atoms with E-state index in [0.29, 0.717) is 10.6 Å². The first-order valence-electron chi connectivity index (χ1n) is 6.19. The minimum atomic E-state index is -0.367. The first-order chi connectivity index (χ1) is 9.15. The van der Waals surface area contributed by atoms with Crippen molar-refractivity contribution in [2.75, 3.05) is 11.9 Å². The van der Waals surface area contributed by atoms with Crippen LogP contribution in [0.1, 0.15) is 19.4 Å². The number of rotatable bonds is 4. The normalized spacial score (nSPS) is 10.5. The highest BCUT2D eigenvalue weighted by atomic mass is 35.5. The van der Waals surface area contributed by atoms with E-state index in [4.69, 9.17) is 11.6 Å². The third-order valence-corrected chi connectivity index (χ3v) is 3.00.